The quantitative estimate of drug-likeness (QED) is 0.361. The van der Waals surface area contributed by atoms with Gasteiger partial charge in [-0.2, -0.15) is 0 Å². The summed E-state index contributed by atoms with van der Waals surface area (Å²) in [5.74, 6) is 0.155. The van der Waals surface area contributed by atoms with Crippen LogP contribution in [0, 0.1) is 0 Å². The highest BCUT2D eigenvalue weighted by Gasteiger charge is 2.36. The molecule has 2 nitrogen and oxygen atoms in total. The molecule has 1 aliphatic carbocycles. The van der Waals surface area contributed by atoms with Crippen molar-refractivity contribution < 1.29 is 4.79 Å². The van der Waals surface area contributed by atoms with Gasteiger partial charge in [0.05, 0.1) is 5.57 Å². The third-order valence-corrected chi connectivity index (χ3v) is 1.64. The van der Waals surface area contributed by atoms with Gasteiger partial charge in [0, 0.05) is 18.7 Å². The highest BCUT2D eigenvalue weighted by molar-refractivity contribution is 6.01. The Kier molecular flexibility index (Phi) is 0.688. The lowest BCUT2D eigenvalue weighted by molar-refractivity contribution is -0.121. The van der Waals surface area contributed by atoms with Gasteiger partial charge in [0.1, 0.15) is 0 Å². The number of hydrogen-bond acceptors (Lipinski definition) is 1. The van der Waals surface area contributed by atoms with Crippen molar-refractivity contribution in [2.24, 2.45) is 0 Å². The Morgan fingerprint density at radius 1 is 2.00 bits per heavy atom. The Morgan fingerprint density at radius 3 is 2.89 bits per heavy atom. The molecule has 46 valence electrons. The minimum atomic E-state index is 0.155. The van der Waals surface area contributed by atoms with Crippen LogP contribution in [-0.2, 0) is 4.79 Å². The van der Waals surface area contributed by atoms with E-state index in [1.165, 1.54) is 0 Å². The second-order valence-corrected chi connectivity index (χ2v) is 2.51. The zero-order chi connectivity index (χ0) is 6.43. The standard InChI is InChI=1S/C7H7NO/c1-5-4-8(5)7(9)6-2-3-6/h2,5H,4H2,1H3. The molecule has 1 fully saturated rings. The lowest BCUT2D eigenvalue weighted by Gasteiger charge is -1.93. The number of hydrogen-bond donors (Lipinski definition) is 0. The average molecular weight is 121 g/mol. The van der Waals surface area contributed by atoms with Crippen LogP contribution in [0.15, 0.2) is 17.4 Å². The molecule has 1 unspecified atom stereocenters. The topological polar surface area (TPSA) is 20.1 Å². The maximum atomic E-state index is 11.0. The minimum Gasteiger partial charge on any atom is -0.332 e. The monoisotopic (exact) mass is 121 g/mol. The Bertz CT molecular complexity index is 235. The van der Waals surface area contributed by atoms with Gasteiger partial charge in [0.25, 0.3) is 5.91 Å². The summed E-state index contributed by atoms with van der Waals surface area (Å²) in [6.45, 7) is 2.97. The molecule has 1 heterocycles. The Labute approximate surface area is 53.5 Å². The number of amides is 1. The fraction of sp³-hybridized carbons (Fsp3) is 0.429. The Morgan fingerprint density at radius 2 is 2.56 bits per heavy atom. The van der Waals surface area contributed by atoms with Crippen LogP contribution >= 0.6 is 0 Å². The van der Waals surface area contributed by atoms with Crippen molar-refractivity contribution >= 4 is 5.91 Å². The van der Waals surface area contributed by atoms with Crippen molar-refractivity contribution in [1.29, 1.82) is 0 Å². The first-order chi connectivity index (χ1) is 4.29. The number of rotatable bonds is 1. The summed E-state index contributed by atoms with van der Waals surface area (Å²) in [5.41, 5.74) is 3.54. The van der Waals surface area contributed by atoms with Crippen molar-refractivity contribution in [3.8, 4) is 0 Å². The molecule has 1 aliphatic heterocycles. The largest absolute Gasteiger partial charge is 0.332 e. The first-order valence-corrected chi connectivity index (χ1v) is 3.07. The molecule has 0 bridgehead atoms. The maximum absolute atomic E-state index is 11.0. The van der Waals surface area contributed by atoms with E-state index in [-0.39, 0.29) is 5.91 Å². The molecular formula is C7H7NO. The molecule has 0 aromatic carbocycles. The Hall–Kier alpha value is -1.01. The van der Waals surface area contributed by atoms with E-state index in [0.29, 0.717) is 6.04 Å². The molecule has 2 heteroatoms. The first-order valence-electron chi connectivity index (χ1n) is 3.07. The minimum absolute atomic E-state index is 0.155. The van der Waals surface area contributed by atoms with E-state index < -0.39 is 0 Å². The summed E-state index contributed by atoms with van der Waals surface area (Å²) in [7, 11) is 0. The zero-order valence-electron chi connectivity index (χ0n) is 5.22. The van der Waals surface area contributed by atoms with Gasteiger partial charge in [-0.3, -0.25) is 4.79 Å². The fourth-order valence-corrected chi connectivity index (χ4v) is 0.835. The summed E-state index contributed by atoms with van der Waals surface area (Å²) in [5, 5.41) is 0. The predicted octanol–water partition coefficient (Wildman–Crippen LogP) is 0.312. The van der Waals surface area contributed by atoms with Crippen molar-refractivity contribution in [2.75, 3.05) is 6.54 Å². The van der Waals surface area contributed by atoms with Crippen molar-refractivity contribution in [3.63, 3.8) is 0 Å². The molecule has 0 radical (unpaired) electrons. The molecule has 2 rings (SSSR count). The van der Waals surface area contributed by atoms with Crippen molar-refractivity contribution in [2.45, 2.75) is 13.0 Å². The molecule has 9 heavy (non-hydrogen) atoms. The molecule has 1 amide bonds. The predicted molar refractivity (Wildman–Crippen MR) is 32.8 cm³/mol. The maximum Gasteiger partial charge on any atom is 0.262 e. The van der Waals surface area contributed by atoms with Gasteiger partial charge in [0.15, 0.2) is 0 Å². The van der Waals surface area contributed by atoms with E-state index in [1.54, 1.807) is 6.08 Å². The van der Waals surface area contributed by atoms with Crippen LogP contribution < -0.4 is 0 Å². The SMILES string of the molecule is CC1CN1C(=O)C1=C=C1. The number of nitrogens with zero attached hydrogens (tertiary/aromatic N) is 1. The number of carbonyl (C=O) groups is 1. The molecule has 0 aromatic rings. The van der Waals surface area contributed by atoms with Gasteiger partial charge >= 0.3 is 0 Å². The summed E-state index contributed by atoms with van der Waals surface area (Å²) in [6.07, 6.45) is 1.73. The second-order valence-electron chi connectivity index (χ2n) is 2.51. The normalized spacial score (nSPS) is 27.9. The highest BCUT2D eigenvalue weighted by Crippen LogP contribution is 2.22. The van der Waals surface area contributed by atoms with Crippen LogP contribution in [0.5, 0.6) is 0 Å². The van der Waals surface area contributed by atoms with Gasteiger partial charge < -0.3 is 4.90 Å². The van der Waals surface area contributed by atoms with Crippen LogP contribution in [0.1, 0.15) is 6.92 Å². The molecule has 0 spiro atoms. The van der Waals surface area contributed by atoms with Crippen LogP contribution in [0.4, 0.5) is 0 Å². The summed E-state index contributed by atoms with van der Waals surface area (Å²) in [4.78, 5) is 12.8. The average Bonchev–Trinajstić information content (AvgIpc) is 2.53. The first kappa shape index (κ1) is 4.83. The molecule has 0 N–H and O–H groups in total. The van der Waals surface area contributed by atoms with Gasteiger partial charge in [0.2, 0.25) is 0 Å². The van der Waals surface area contributed by atoms with E-state index in [2.05, 4.69) is 5.73 Å². The van der Waals surface area contributed by atoms with E-state index in [1.807, 2.05) is 11.8 Å². The molecule has 0 aromatic heterocycles. The van der Waals surface area contributed by atoms with Crippen molar-refractivity contribution in [3.05, 3.63) is 17.4 Å². The summed E-state index contributed by atoms with van der Waals surface area (Å²) >= 11 is 0. The lowest BCUT2D eigenvalue weighted by Crippen LogP contribution is -2.10. The molecule has 0 saturated carbocycles. The lowest BCUT2D eigenvalue weighted by atomic mass is 10.4. The Balaban J connectivity index is 1.99. The molecule has 1 saturated heterocycles. The zero-order valence-corrected chi connectivity index (χ0v) is 5.22. The highest BCUT2D eigenvalue weighted by atomic mass is 16.2. The summed E-state index contributed by atoms with van der Waals surface area (Å²) in [6, 6.07) is 0.473. The number of carbonyl (C=O) groups excluding carboxylic acids is 1. The van der Waals surface area contributed by atoms with E-state index >= 15 is 0 Å². The van der Waals surface area contributed by atoms with Crippen molar-refractivity contribution in [1.82, 2.24) is 4.90 Å². The third kappa shape index (κ3) is 0.681. The molecule has 2 aliphatic rings. The molecular weight excluding hydrogens is 114 g/mol. The fourth-order valence-electron chi connectivity index (χ4n) is 0.835. The van der Waals surface area contributed by atoms with Crippen LogP contribution in [0.25, 0.3) is 0 Å². The molecule has 1 atom stereocenters. The van der Waals surface area contributed by atoms with Gasteiger partial charge in [-0.25, -0.2) is 0 Å². The second kappa shape index (κ2) is 1.28. The van der Waals surface area contributed by atoms with Gasteiger partial charge in [-0.05, 0) is 6.92 Å². The third-order valence-electron chi connectivity index (χ3n) is 1.64. The van der Waals surface area contributed by atoms with Crippen LogP contribution in [0.3, 0.4) is 0 Å². The van der Waals surface area contributed by atoms with Gasteiger partial charge in [-0.15, -0.1) is 5.73 Å². The van der Waals surface area contributed by atoms with Gasteiger partial charge in [-0.1, -0.05) is 0 Å². The van der Waals surface area contributed by atoms with E-state index in [9.17, 15) is 4.79 Å². The van der Waals surface area contributed by atoms with Crippen LogP contribution in [0.2, 0.25) is 0 Å². The van der Waals surface area contributed by atoms with Crippen LogP contribution in [-0.4, -0.2) is 23.4 Å². The smallest absolute Gasteiger partial charge is 0.262 e. The summed E-state index contributed by atoms with van der Waals surface area (Å²) < 4.78 is 0. The van der Waals surface area contributed by atoms with E-state index in [4.69, 9.17) is 0 Å². The van der Waals surface area contributed by atoms with E-state index in [0.717, 1.165) is 12.1 Å².